The molecule has 2 aromatic rings. The SMILES string of the molecule is NC1(C(=O)O)C(c2ccc(Br)cc2)C1S(=O)(=O)c1ccc(Cl)cc1. The van der Waals surface area contributed by atoms with Crippen molar-refractivity contribution < 1.29 is 18.3 Å². The van der Waals surface area contributed by atoms with Gasteiger partial charge in [0.1, 0.15) is 10.8 Å². The molecule has 0 spiro atoms. The van der Waals surface area contributed by atoms with E-state index in [4.69, 9.17) is 17.3 Å². The van der Waals surface area contributed by atoms with Crippen LogP contribution in [0.3, 0.4) is 0 Å². The van der Waals surface area contributed by atoms with Crippen LogP contribution in [-0.4, -0.2) is 30.3 Å². The van der Waals surface area contributed by atoms with Gasteiger partial charge in [0.05, 0.1) is 4.90 Å². The number of nitrogens with two attached hydrogens (primary N) is 1. The average Bonchev–Trinajstić information content (AvgIpc) is 3.17. The summed E-state index contributed by atoms with van der Waals surface area (Å²) < 4.78 is 26.6. The zero-order valence-electron chi connectivity index (χ0n) is 12.2. The van der Waals surface area contributed by atoms with Crippen LogP contribution in [0.5, 0.6) is 0 Å². The van der Waals surface area contributed by atoms with Crippen LogP contribution in [0.25, 0.3) is 0 Å². The summed E-state index contributed by atoms with van der Waals surface area (Å²) in [5, 5.41) is 8.67. The Kier molecular flexibility index (Phi) is 4.24. The summed E-state index contributed by atoms with van der Waals surface area (Å²) in [5.41, 5.74) is 4.70. The standard InChI is InChI=1S/C16H13BrClNO4S/c17-10-3-1-9(2-4-10)13-14(16(13,19)15(20)21)24(22,23)12-7-5-11(18)6-8-12/h1-8,13-14H,19H2,(H,20,21). The lowest BCUT2D eigenvalue weighted by molar-refractivity contribution is -0.139. The van der Waals surface area contributed by atoms with E-state index >= 15 is 0 Å². The molecule has 3 N–H and O–H groups in total. The highest BCUT2D eigenvalue weighted by Gasteiger charge is 2.74. The van der Waals surface area contributed by atoms with Crippen LogP contribution in [-0.2, 0) is 14.6 Å². The first-order chi connectivity index (χ1) is 11.2. The van der Waals surface area contributed by atoms with Crippen molar-refractivity contribution in [3.8, 4) is 0 Å². The van der Waals surface area contributed by atoms with Crippen LogP contribution in [0.15, 0.2) is 57.9 Å². The van der Waals surface area contributed by atoms with E-state index in [0.29, 0.717) is 10.6 Å². The number of sulfone groups is 1. The van der Waals surface area contributed by atoms with Crippen molar-refractivity contribution in [2.24, 2.45) is 5.73 Å². The number of carboxylic acid groups (broad SMARTS) is 1. The first kappa shape index (κ1) is 17.4. The first-order valence-corrected chi connectivity index (χ1v) is 9.68. The van der Waals surface area contributed by atoms with E-state index in [9.17, 15) is 18.3 Å². The zero-order valence-corrected chi connectivity index (χ0v) is 15.3. The van der Waals surface area contributed by atoms with Crippen LogP contribution in [0, 0.1) is 0 Å². The number of benzene rings is 2. The van der Waals surface area contributed by atoms with Gasteiger partial charge in [-0.1, -0.05) is 39.7 Å². The molecule has 0 amide bonds. The molecule has 0 aliphatic heterocycles. The van der Waals surface area contributed by atoms with Crippen molar-refractivity contribution in [3.63, 3.8) is 0 Å². The van der Waals surface area contributed by atoms with Gasteiger partial charge in [0.25, 0.3) is 0 Å². The lowest BCUT2D eigenvalue weighted by atomic mass is 10.1. The van der Waals surface area contributed by atoms with E-state index in [1.807, 2.05) is 0 Å². The molecule has 1 fully saturated rings. The summed E-state index contributed by atoms with van der Waals surface area (Å²) in [7, 11) is -3.92. The second-order valence-corrected chi connectivity index (χ2v) is 9.11. The normalized spacial score (nSPS) is 26.1. The summed E-state index contributed by atoms with van der Waals surface area (Å²) in [6.45, 7) is 0. The van der Waals surface area contributed by atoms with Crippen LogP contribution in [0.2, 0.25) is 5.02 Å². The fraction of sp³-hybridized carbons (Fsp3) is 0.188. The summed E-state index contributed by atoms with van der Waals surface area (Å²) in [6.07, 6.45) is 0. The van der Waals surface area contributed by atoms with E-state index in [0.717, 1.165) is 4.47 Å². The number of hydrogen-bond donors (Lipinski definition) is 2. The largest absolute Gasteiger partial charge is 0.480 e. The Bertz CT molecular complexity index is 899. The van der Waals surface area contributed by atoms with E-state index in [-0.39, 0.29) is 4.90 Å². The van der Waals surface area contributed by atoms with Crippen molar-refractivity contribution in [2.75, 3.05) is 0 Å². The Labute approximate surface area is 152 Å². The Balaban J connectivity index is 2.06. The van der Waals surface area contributed by atoms with Gasteiger partial charge in [-0.05, 0) is 42.0 Å². The Morgan fingerprint density at radius 2 is 1.67 bits per heavy atom. The van der Waals surface area contributed by atoms with Crippen LogP contribution in [0.1, 0.15) is 11.5 Å². The maximum atomic E-state index is 12.9. The van der Waals surface area contributed by atoms with Crippen LogP contribution in [0.4, 0.5) is 0 Å². The molecule has 0 radical (unpaired) electrons. The van der Waals surface area contributed by atoms with Crippen molar-refractivity contribution in [1.82, 2.24) is 0 Å². The van der Waals surface area contributed by atoms with Gasteiger partial charge in [-0.15, -0.1) is 0 Å². The molecule has 8 heteroatoms. The molecular formula is C16H13BrClNO4S. The molecule has 0 bridgehead atoms. The molecule has 3 unspecified atom stereocenters. The lowest BCUT2D eigenvalue weighted by Crippen LogP contribution is -2.39. The van der Waals surface area contributed by atoms with Gasteiger partial charge in [0.2, 0.25) is 0 Å². The quantitative estimate of drug-likeness (QED) is 0.777. The summed E-state index contributed by atoms with van der Waals surface area (Å²) in [5.74, 6) is -2.15. The molecule has 2 aromatic carbocycles. The molecule has 1 aliphatic carbocycles. The predicted octanol–water partition coefficient (Wildman–Crippen LogP) is 2.82. The van der Waals surface area contributed by atoms with E-state index in [1.165, 1.54) is 24.3 Å². The Morgan fingerprint density at radius 1 is 1.12 bits per heavy atom. The van der Waals surface area contributed by atoms with Gasteiger partial charge in [-0.2, -0.15) is 0 Å². The highest BCUT2D eigenvalue weighted by atomic mass is 79.9. The number of carbonyl (C=O) groups is 1. The zero-order chi connectivity index (χ0) is 17.7. The summed E-state index contributed by atoms with van der Waals surface area (Å²) in [6, 6.07) is 12.4. The Morgan fingerprint density at radius 3 is 2.17 bits per heavy atom. The highest BCUT2D eigenvalue weighted by molar-refractivity contribution is 9.10. The smallest absolute Gasteiger partial charge is 0.325 e. The number of halogens is 2. The van der Waals surface area contributed by atoms with E-state index in [2.05, 4.69) is 15.9 Å². The molecule has 0 saturated heterocycles. The van der Waals surface area contributed by atoms with E-state index in [1.54, 1.807) is 24.3 Å². The molecule has 1 saturated carbocycles. The molecule has 3 rings (SSSR count). The second-order valence-electron chi connectivity index (χ2n) is 5.69. The van der Waals surface area contributed by atoms with Crippen molar-refractivity contribution in [2.45, 2.75) is 21.6 Å². The van der Waals surface area contributed by atoms with E-state index < -0.39 is 32.5 Å². The molecule has 0 heterocycles. The predicted molar refractivity (Wildman–Crippen MR) is 93.9 cm³/mol. The molecule has 5 nitrogen and oxygen atoms in total. The third-order valence-corrected chi connectivity index (χ3v) is 7.30. The topological polar surface area (TPSA) is 97.5 Å². The second kappa shape index (κ2) is 5.84. The van der Waals surface area contributed by atoms with Gasteiger partial charge in [0, 0.05) is 15.4 Å². The summed E-state index contributed by atoms with van der Waals surface area (Å²) >= 11 is 9.08. The van der Waals surface area contributed by atoms with Gasteiger partial charge < -0.3 is 10.8 Å². The van der Waals surface area contributed by atoms with Crippen LogP contribution >= 0.6 is 27.5 Å². The number of rotatable bonds is 4. The molecule has 24 heavy (non-hydrogen) atoms. The van der Waals surface area contributed by atoms with Crippen molar-refractivity contribution >= 4 is 43.3 Å². The van der Waals surface area contributed by atoms with Crippen LogP contribution < -0.4 is 5.73 Å². The minimum Gasteiger partial charge on any atom is -0.480 e. The fourth-order valence-electron chi connectivity index (χ4n) is 2.96. The monoisotopic (exact) mass is 429 g/mol. The molecule has 126 valence electrons. The minimum atomic E-state index is -3.92. The molecule has 1 aliphatic rings. The third-order valence-electron chi connectivity index (χ3n) is 4.26. The van der Waals surface area contributed by atoms with Crippen molar-refractivity contribution in [3.05, 3.63) is 63.6 Å². The first-order valence-electron chi connectivity index (χ1n) is 6.96. The summed E-state index contributed by atoms with van der Waals surface area (Å²) in [4.78, 5) is 11.7. The molecule has 3 atom stereocenters. The fourth-order valence-corrected chi connectivity index (χ4v) is 5.58. The number of hydrogen-bond acceptors (Lipinski definition) is 4. The lowest BCUT2D eigenvalue weighted by Gasteiger charge is -2.07. The highest BCUT2D eigenvalue weighted by Crippen LogP contribution is 2.55. The maximum absolute atomic E-state index is 12.9. The minimum absolute atomic E-state index is 0.00702. The molecular weight excluding hydrogens is 418 g/mol. The van der Waals surface area contributed by atoms with Gasteiger partial charge in [-0.3, -0.25) is 4.79 Å². The molecule has 0 aromatic heterocycles. The van der Waals surface area contributed by atoms with Gasteiger partial charge in [-0.25, -0.2) is 8.42 Å². The Hall–Kier alpha value is -1.41. The van der Waals surface area contributed by atoms with Crippen molar-refractivity contribution in [1.29, 1.82) is 0 Å². The van der Waals surface area contributed by atoms with Gasteiger partial charge >= 0.3 is 5.97 Å². The maximum Gasteiger partial charge on any atom is 0.325 e. The average molecular weight is 431 g/mol. The third kappa shape index (κ3) is 2.65. The number of carboxylic acids is 1. The number of aliphatic carboxylic acids is 1. The van der Waals surface area contributed by atoms with Gasteiger partial charge in [0.15, 0.2) is 9.84 Å².